The van der Waals surface area contributed by atoms with E-state index in [2.05, 4.69) is 22.3 Å². The Hall–Kier alpha value is -1.93. The molecule has 8 heteroatoms. The van der Waals surface area contributed by atoms with Crippen LogP contribution in [0.1, 0.15) is 54.4 Å². The lowest BCUT2D eigenvalue weighted by Crippen LogP contribution is -2.44. The van der Waals surface area contributed by atoms with Crippen LogP contribution in [0.15, 0.2) is 53.4 Å². The van der Waals surface area contributed by atoms with E-state index in [4.69, 9.17) is 11.6 Å². The van der Waals surface area contributed by atoms with Crippen molar-refractivity contribution in [3.8, 4) is 0 Å². The molecule has 2 aromatic rings. The van der Waals surface area contributed by atoms with Gasteiger partial charge >= 0.3 is 0 Å². The molecule has 0 atom stereocenters. The molecule has 0 aromatic heterocycles. The summed E-state index contributed by atoms with van der Waals surface area (Å²) in [6, 6.07) is 14.9. The van der Waals surface area contributed by atoms with Crippen LogP contribution in [0.5, 0.6) is 0 Å². The highest BCUT2D eigenvalue weighted by atomic mass is 35.5. The zero-order valence-corrected chi connectivity index (χ0v) is 20.5. The number of halogens is 1. The molecule has 0 aliphatic carbocycles. The van der Waals surface area contributed by atoms with Crippen molar-refractivity contribution in [1.29, 1.82) is 0 Å². The minimum Gasteiger partial charge on any atom is -0.349 e. The Balaban J connectivity index is 1.38. The highest BCUT2D eigenvalue weighted by molar-refractivity contribution is 7.89. The summed E-state index contributed by atoms with van der Waals surface area (Å²) >= 11 is 6.31. The van der Waals surface area contributed by atoms with Gasteiger partial charge in [-0.1, -0.05) is 54.8 Å². The molecule has 0 saturated carbocycles. The SMILES string of the molecule is O=C(NC1CCN(Cc2ccccc2)CC1)c1cc(S(=O)(=O)N2CCCCCC2)ccc1Cl. The number of piperidine rings is 1. The number of likely N-dealkylation sites (tertiary alicyclic amines) is 1. The van der Waals surface area contributed by atoms with E-state index < -0.39 is 10.0 Å². The first kappa shape index (κ1) is 24.2. The topological polar surface area (TPSA) is 69.7 Å². The lowest BCUT2D eigenvalue weighted by Gasteiger charge is -2.32. The third-order valence-electron chi connectivity index (χ3n) is 6.56. The van der Waals surface area contributed by atoms with Gasteiger partial charge < -0.3 is 5.32 Å². The Bertz CT molecular complexity index is 1050. The summed E-state index contributed by atoms with van der Waals surface area (Å²) in [5, 5.41) is 3.34. The smallest absolute Gasteiger partial charge is 0.253 e. The van der Waals surface area contributed by atoms with Crippen LogP contribution in [0.3, 0.4) is 0 Å². The van der Waals surface area contributed by atoms with Gasteiger partial charge in [0.1, 0.15) is 0 Å². The van der Waals surface area contributed by atoms with E-state index in [1.54, 1.807) is 0 Å². The predicted octanol–water partition coefficient (Wildman–Crippen LogP) is 4.30. The van der Waals surface area contributed by atoms with Gasteiger partial charge in [-0.2, -0.15) is 4.31 Å². The summed E-state index contributed by atoms with van der Waals surface area (Å²) in [7, 11) is -3.64. The highest BCUT2D eigenvalue weighted by Gasteiger charge is 2.27. The molecular formula is C25H32ClN3O3S. The van der Waals surface area contributed by atoms with Crippen molar-refractivity contribution in [3.05, 3.63) is 64.7 Å². The van der Waals surface area contributed by atoms with Crippen molar-refractivity contribution in [3.63, 3.8) is 0 Å². The lowest BCUT2D eigenvalue weighted by atomic mass is 10.0. The predicted molar refractivity (Wildman–Crippen MR) is 131 cm³/mol. The number of hydrogen-bond donors (Lipinski definition) is 1. The number of nitrogens with zero attached hydrogens (tertiary/aromatic N) is 2. The van der Waals surface area contributed by atoms with Gasteiger partial charge in [-0.25, -0.2) is 8.42 Å². The second-order valence-electron chi connectivity index (χ2n) is 8.97. The molecule has 1 N–H and O–H groups in total. The average Bonchev–Trinajstić information content (AvgIpc) is 3.11. The Kier molecular flexibility index (Phi) is 8.07. The van der Waals surface area contributed by atoms with Gasteiger partial charge in [-0.05, 0) is 49.4 Å². The summed E-state index contributed by atoms with van der Waals surface area (Å²) in [5.74, 6) is -0.311. The lowest BCUT2D eigenvalue weighted by molar-refractivity contribution is 0.0909. The van der Waals surface area contributed by atoms with Crippen molar-refractivity contribution in [2.45, 2.75) is 56.0 Å². The monoisotopic (exact) mass is 489 g/mol. The molecule has 2 heterocycles. The third kappa shape index (κ3) is 6.15. The fourth-order valence-corrected chi connectivity index (χ4v) is 6.36. The van der Waals surface area contributed by atoms with Crippen LogP contribution in [-0.2, 0) is 16.6 Å². The van der Waals surface area contributed by atoms with Crippen molar-refractivity contribution in [2.24, 2.45) is 0 Å². The van der Waals surface area contributed by atoms with Crippen molar-refractivity contribution >= 4 is 27.5 Å². The second kappa shape index (κ2) is 11.0. The first-order chi connectivity index (χ1) is 15.9. The number of carbonyl (C=O) groups excluding carboxylic acids is 1. The minimum atomic E-state index is -3.64. The van der Waals surface area contributed by atoms with Gasteiger partial charge in [0, 0.05) is 38.8 Å². The third-order valence-corrected chi connectivity index (χ3v) is 8.78. The molecule has 6 nitrogen and oxygen atoms in total. The second-order valence-corrected chi connectivity index (χ2v) is 11.3. The number of rotatable bonds is 6. The number of nitrogens with one attached hydrogen (secondary N) is 1. The number of amides is 1. The molecule has 2 fully saturated rings. The van der Waals surface area contributed by atoms with Crippen LogP contribution in [-0.4, -0.2) is 55.8 Å². The molecule has 178 valence electrons. The first-order valence-electron chi connectivity index (χ1n) is 11.8. The Labute approximate surface area is 202 Å². The maximum Gasteiger partial charge on any atom is 0.253 e. The fraction of sp³-hybridized carbons (Fsp3) is 0.480. The largest absolute Gasteiger partial charge is 0.349 e. The summed E-state index contributed by atoms with van der Waals surface area (Å²) in [6.45, 7) is 3.75. The van der Waals surface area contributed by atoms with Gasteiger partial charge in [0.25, 0.3) is 5.91 Å². The van der Waals surface area contributed by atoms with Gasteiger partial charge in [0.2, 0.25) is 10.0 Å². The first-order valence-corrected chi connectivity index (χ1v) is 13.6. The van der Waals surface area contributed by atoms with Gasteiger partial charge in [-0.15, -0.1) is 0 Å². The molecule has 1 amide bonds. The summed E-state index contributed by atoms with van der Waals surface area (Å²) < 4.78 is 27.8. The van der Waals surface area contributed by atoms with Crippen LogP contribution in [0, 0.1) is 0 Å². The zero-order valence-electron chi connectivity index (χ0n) is 18.9. The van der Waals surface area contributed by atoms with Crippen LogP contribution < -0.4 is 5.32 Å². The Morgan fingerprint density at radius 2 is 1.61 bits per heavy atom. The zero-order chi connectivity index (χ0) is 23.3. The molecule has 0 bridgehead atoms. The molecule has 2 aromatic carbocycles. The maximum atomic E-state index is 13.1. The van der Waals surface area contributed by atoms with Crippen molar-refractivity contribution in [2.75, 3.05) is 26.2 Å². The van der Waals surface area contributed by atoms with E-state index in [-0.39, 0.29) is 27.4 Å². The molecule has 2 aliphatic heterocycles. The van der Waals surface area contributed by atoms with Crippen molar-refractivity contribution < 1.29 is 13.2 Å². The highest BCUT2D eigenvalue weighted by Crippen LogP contribution is 2.25. The van der Waals surface area contributed by atoms with E-state index in [1.807, 2.05) is 18.2 Å². The van der Waals surface area contributed by atoms with Crippen molar-refractivity contribution in [1.82, 2.24) is 14.5 Å². The minimum absolute atomic E-state index is 0.0476. The Morgan fingerprint density at radius 3 is 2.27 bits per heavy atom. The van der Waals surface area contributed by atoms with Gasteiger partial charge in [-0.3, -0.25) is 9.69 Å². The number of carbonyl (C=O) groups is 1. The van der Waals surface area contributed by atoms with Gasteiger partial charge in [0.05, 0.1) is 15.5 Å². The average molecular weight is 490 g/mol. The molecule has 33 heavy (non-hydrogen) atoms. The molecule has 0 radical (unpaired) electrons. The van der Waals surface area contributed by atoms with E-state index >= 15 is 0 Å². The molecular weight excluding hydrogens is 458 g/mol. The maximum absolute atomic E-state index is 13.1. The van der Waals surface area contributed by atoms with E-state index in [1.165, 1.54) is 28.1 Å². The summed E-state index contributed by atoms with van der Waals surface area (Å²) in [5.41, 5.74) is 1.51. The van der Waals surface area contributed by atoms with Crippen LogP contribution in [0.2, 0.25) is 5.02 Å². The number of hydrogen-bond acceptors (Lipinski definition) is 4. The number of benzene rings is 2. The standard InChI is InChI=1S/C25H32ClN3O3S/c26-24-11-10-22(33(31,32)29-14-6-1-2-7-15-29)18-23(24)25(30)27-21-12-16-28(17-13-21)19-20-8-4-3-5-9-20/h3-5,8-11,18,21H,1-2,6-7,12-17,19H2,(H,27,30). The molecule has 0 unspecified atom stereocenters. The molecule has 4 rings (SSSR count). The van der Waals surface area contributed by atoms with E-state index in [0.29, 0.717) is 13.1 Å². The quantitative estimate of drug-likeness (QED) is 0.656. The molecule has 2 saturated heterocycles. The van der Waals surface area contributed by atoms with Crippen LogP contribution in [0.4, 0.5) is 0 Å². The Morgan fingerprint density at radius 1 is 0.939 bits per heavy atom. The summed E-state index contributed by atoms with van der Waals surface area (Å²) in [6.07, 6.45) is 5.52. The van der Waals surface area contributed by atoms with Gasteiger partial charge in [0.15, 0.2) is 0 Å². The van der Waals surface area contributed by atoms with Crippen LogP contribution in [0.25, 0.3) is 0 Å². The molecule has 2 aliphatic rings. The van der Waals surface area contributed by atoms with Crippen LogP contribution >= 0.6 is 11.6 Å². The van der Waals surface area contributed by atoms with E-state index in [9.17, 15) is 13.2 Å². The normalized spacial score (nSPS) is 19.2. The number of sulfonamides is 1. The van der Waals surface area contributed by atoms with E-state index in [0.717, 1.165) is 58.2 Å². The fourth-order valence-electron chi connectivity index (χ4n) is 4.61. The summed E-state index contributed by atoms with van der Waals surface area (Å²) in [4.78, 5) is 15.5. The molecule has 0 spiro atoms.